The third-order valence-corrected chi connectivity index (χ3v) is 3.75. The molecule has 5 heteroatoms. The third-order valence-electron chi connectivity index (χ3n) is 3.16. The molecular formula is C15H25N3OS. The number of nitrogens with zero attached hydrogens (tertiary/aromatic N) is 1. The van der Waals surface area contributed by atoms with Gasteiger partial charge in [0.1, 0.15) is 0 Å². The maximum absolute atomic E-state index is 11.9. The zero-order valence-electron chi connectivity index (χ0n) is 12.6. The SMILES string of the molecule is CSCCN(C)CCCC(=O)Nc1cc(N)ccc1C. The molecule has 1 aromatic carbocycles. The molecule has 1 rings (SSSR count). The van der Waals surface area contributed by atoms with E-state index in [9.17, 15) is 4.79 Å². The van der Waals surface area contributed by atoms with E-state index >= 15 is 0 Å². The smallest absolute Gasteiger partial charge is 0.224 e. The Balaban J connectivity index is 2.31. The summed E-state index contributed by atoms with van der Waals surface area (Å²) in [4.78, 5) is 14.2. The highest BCUT2D eigenvalue weighted by Gasteiger charge is 2.06. The minimum atomic E-state index is 0.0527. The summed E-state index contributed by atoms with van der Waals surface area (Å²) >= 11 is 1.84. The summed E-state index contributed by atoms with van der Waals surface area (Å²) in [7, 11) is 2.09. The summed E-state index contributed by atoms with van der Waals surface area (Å²) < 4.78 is 0. The molecule has 0 bridgehead atoms. The van der Waals surface area contributed by atoms with E-state index in [0.29, 0.717) is 12.1 Å². The number of carbonyl (C=O) groups is 1. The van der Waals surface area contributed by atoms with E-state index in [1.165, 1.54) is 0 Å². The van der Waals surface area contributed by atoms with Crippen LogP contribution in [0.2, 0.25) is 0 Å². The number of rotatable bonds is 8. The third kappa shape index (κ3) is 6.30. The Morgan fingerprint density at radius 3 is 2.85 bits per heavy atom. The summed E-state index contributed by atoms with van der Waals surface area (Å²) in [6.45, 7) is 3.98. The summed E-state index contributed by atoms with van der Waals surface area (Å²) in [5.74, 6) is 1.18. The summed E-state index contributed by atoms with van der Waals surface area (Å²) in [6, 6.07) is 5.56. The van der Waals surface area contributed by atoms with Crippen LogP contribution in [0, 0.1) is 6.92 Å². The van der Waals surface area contributed by atoms with Crippen molar-refractivity contribution < 1.29 is 4.79 Å². The van der Waals surface area contributed by atoms with Crippen LogP contribution in [-0.4, -0.2) is 43.0 Å². The number of nitrogens with two attached hydrogens (primary N) is 1. The van der Waals surface area contributed by atoms with Gasteiger partial charge in [-0.3, -0.25) is 4.79 Å². The van der Waals surface area contributed by atoms with Crippen LogP contribution in [0.3, 0.4) is 0 Å². The Labute approximate surface area is 126 Å². The van der Waals surface area contributed by atoms with E-state index in [-0.39, 0.29) is 5.91 Å². The van der Waals surface area contributed by atoms with E-state index in [1.807, 2.05) is 30.8 Å². The molecule has 1 aromatic rings. The van der Waals surface area contributed by atoms with Gasteiger partial charge in [-0.1, -0.05) is 6.07 Å². The van der Waals surface area contributed by atoms with E-state index in [4.69, 9.17) is 5.73 Å². The van der Waals surface area contributed by atoms with Crippen LogP contribution in [0.1, 0.15) is 18.4 Å². The Hall–Kier alpha value is -1.20. The standard InChI is InChI=1S/C15H25N3OS/c1-12-6-7-13(16)11-14(12)17-15(19)5-4-8-18(2)9-10-20-3/h6-7,11H,4-5,8-10,16H2,1-3H3,(H,17,19). The van der Waals surface area contributed by atoms with Gasteiger partial charge in [0.2, 0.25) is 5.91 Å². The van der Waals surface area contributed by atoms with Crippen molar-refractivity contribution in [2.24, 2.45) is 0 Å². The van der Waals surface area contributed by atoms with Gasteiger partial charge in [-0.15, -0.1) is 0 Å². The zero-order chi connectivity index (χ0) is 15.0. The summed E-state index contributed by atoms with van der Waals surface area (Å²) in [6.07, 6.45) is 3.52. The predicted molar refractivity (Wildman–Crippen MR) is 89.3 cm³/mol. The molecule has 1 amide bonds. The number of nitrogens with one attached hydrogen (secondary N) is 1. The highest BCUT2D eigenvalue weighted by Crippen LogP contribution is 2.18. The summed E-state index contributed by atoms with van der Waals surface area (Å²) in [5, 5.41) is 2.93. The lowest BCUT2D eigenvalue weighted by atomic mass is 10.1. The quantitative estimate of drug-likeness (QED) is 0.724. The number of amides is 1. The van der Waals surface area contributed by atoms with Crippen molar-refractivity contribution in [3.8, 4) is 0 Å². The fourth-order valence-corrected chi connectivity index (χ4v) is 2.35. The highest BCUT2D eigenvalue weighted by molar-refractivity contribution is 7.98. The molecule has 0 unspecified atom stereocenters. The maximum Gasteiger partial charge on any atom is 0.224 e. The lowest BCUT2D eigenvalue weighted by molar-refractivity contribution is -0.116. The van der Waals surface area contributed by atoms with Crippen LogP contribution >= 0.6 is 11.8 Å². The molecule has 0 aliphatic carbocycles. The molecule has 0 heterocycles. The molecule has 0 aliphatic heterocycles. The first-order valence-corrected chi connectivity index (χ1v) is 8.25. The number of thioether (sulfide) groups is 1. The second-order valence-corrected chi connectivity index (χ2v) is 6.01. The molecule has 112 valence electrons. The van der Waals surface area contributed by atoms with Gasteiger partial charge in [-0.2, -0.15) is 11.8 Å². The van der Waals surface area contributed by atoms with Gasteiger partial charge >= 0.3 is 0 Å². The number of anilines is 2. The lowest BCUT2D eigenvalue weighted by Gasteiger charge is -2.15. The molecule has 0 atom stereocenters. The number of carbonyl (C=O) groups excluding carboxylic acids is 1. The lowest BCUT2D eigenvalue weighted by Crippen LogP contribution is -2.23. The van der Waals surface area contributed by atoms with Crippen LogP contribution in [0.15, 0.2) is 18.2 Å². The fraction of sp³-hybridized carbons (Fsp3) is 0.533. The number of aryl methyl sites for hydroxylation is 1. The molecule has 0 fully saturated rings. The van der Waals surface area contributed by atoms with Crippen LogP contribution < -0.4 is 11.1 Å². The molecule has 20 heavy (non-hydrogen) atoms. The number of hydrogen-bond donors (Lipinski definition) is 2. The summed E-state index contributed by atoms with van der Waals surface area (Å²) in [5.41, 5.74) is 8.24. The second kappa shape index (κ2) is 8.87. The highest BCUT2D eigenvalue weighted by atomic mass is 32.2. The van der Waals surface area contributed by atoms with Gasteiger partial charge in [0.15, 0.2) is 0 Å². The van der Waals surface area contributed by atoms with Crippen molar-refractivity contribution in [3.63, 3.8) is 0 Å². The van der Waals surface area contributed by atoms with Crippen LogP contribution in [-0.2, 0) is 4.79 Å². The molecule has 3 N–H and O–H groups in total. The minimum absolute atomic E-state index is 0.0527. The first kappa shape index (κ1) is 16.9. The topological polar surface area (TPSA) is 58.4 Å². The molecular weight excluding hydrogens is 270 g/mol. The van der Waals surface area contributed by atoms with Crippen LogP contribution in [0.5, 0.6) is 0 Å². The minimum Gasteiger partial charge on any atom is -0.399 e. The molecule has 0 saturated carbocycles. The van der Waals surface area contributed by atoms with Gasteiger partial charge in [-0.25, -0.2) is 0 Å². The molecule has 0 aromatic heterocycles. The van der Waals surface area contributed by atoms with Crippen molar-refractivity contribution >= 4 is 29.0 Å². The van der Waals surface area contributed by atoms with Gasteiger partial charge in [0.25, 0.3) is 0 Å². The normalized spacial score (nSPS) is 10.8. The average molecular weight is 295 g/mol. The number of hydrogen-bond acceptors (Lipinski definition) is 4. The van der Waals surface area contributed by atoms with Crippen molar-refractivity contribution in [1.29, 1.82) is 0 Å². The number of nitrogen functional groups attached to an aromatic ring is 1. The van der Waals surface area contributed by atoms with Gasteiger partial charge in [0.05, 0.1) is 0 Å². The maximum atomic E-state index is 11.9. The molecule has 0 radical (unpaired) electrons. The Morgan fingerprint density at radius 1 is 1.40 bits per heavy atom. The van der Waals surface area contributed by atoms with Gasteiger partial charge < -0.3 is 16.0 Å². The average Bonchev–Trinajstić information content (AvgIpc) is 2.40. The predicted octanol–water partition coefficient (Wildman–Crippen LogP) is 2.59. The monoisotopic (exact) mass is 295 g/mol. The Bertz CT molecular complexity index is 437. The van der Waals surface area contributed by atoms with Crippen molar-refractivity contribution in [1.82, 2.24) is 4.90 Å². The molecule has 0 aliphatic rings. The van der Waals surface area contributed by atoms with E-state index in [2.05, 4.69) is 23.5 Å². The van der Waals surface area contributed by atoms with E-state index in [1.54, 1.807) is 6.07 Å². The van der Waals surface area contributed by atoms with Crippen LogP contribution in [0.4, 0.5) is 11.4 Å². The van der Waals surface area contributed by atoms with Crippen LogP contribution in [0.25, 0.3) is 0 Å². The van der Waals surface area contributed by atoms with Gasteiger partial charge in [-0.05, 0) is 50.9 Å². The Morgan fingerprint density at radius 2 is 2.15 bits per heavy atom. The first-order chi connectivity index (χ1) is 9.52. The second-order valence-electron chi connectivity index (χ2n) is 5.02. The van der Waals surface area contributed by atoms with Gasteiger partial charge in [0, 0.05) is 30.1 Å². The largest absolute Gasteiger partial charge is 0.399 e. The number of benzene rings is 1. The van der Waals surface area contributed by atoms with E-state index < -0.39 is 0 Å². The van der Waals surface area contributed by atoms with Crippen molar-refractivity contribution in [2.45, 2.75) is 19.8 Å². The Kier molecular flexibility index (Phi) is 7.47. The zero-order valence-corrected chi connectivity index (χ0v) is 13.4. The fourth-order valence-electron chi connectivity index (χ4n) is 1.86. The molecule has 0 spiro atoms. The van der Waals surface area contributed by atoms with Crippen molar-refractivity contribution in [2.75, 3.05) is 43.2 Å². The van der Waals surface area contributed by atoms with Crippen molar-refractivity contribution in [3.05, 3.63) is 23.8 Å². The molecule has 4 nitrogen and oxygen atoms in total. The molecule has 0 saturated heterocycles. The van der Waals surface area contributed by atoms with E-state index in [0.717, 1.165) is 36.5 Å². The first-order valence-electron chi connectivity index (χ1n) is 6.86.